The predicted molar refractivity (Wildman–Crippen MR) is 127 cm³/mol. The van der Waals surface area contributed by atoms with E-state index in [4.69, 9.17) is 0 Å². The van der Waals surface area contributed by atoms with Gasteiger partial charge in [0.25, 0.3) is 0 Å². The highest BCUT2D eigenvalue weighted by molar-refractivity contribution is 5.84. The number of carbonyl (C=O) groups is 1. The van der Waals surface area contributed by atoms with E-state index in [2.05, 4.69) is 25.1 Å². The van der Waals surface area contributed by atoms with Crippen molar-refractivity contribution in [1.29, 1.82) is 0 Å². The highest BCUT2D eigenvalue weighted by atomic mass is 19.1. The summed E-state index contributed by atoms with van der Waals surface area (Å²) in [6.45, 7) is 1.96. The van der Waals surface area contributed by atoms with Crippen molar-refractivity contribution in [3.8, 4) is 33.6 Å². The van der Waals surface area contributed by atoms with Crippen molar-refractivity contribution in [2.24, 2.45) is 7.05 Å². The van der Waals surface area contributed by atoms with Crippen LogP contribution in [-0.4, -0.2) is 37.4 Å². The lowest BCUT2D eigenvalue weighted by atomic mass is 10.0. The molecule has 1 amide bonds. The van der Waals surface area contributed by atoms with Gasteiger partial charge in [-0.2, -0.15) is 5.10 Å². The molecule has 5 rings (SSSR count). The molecule has 0 spiro atoms. The molecule has 1 aromatic carbocycles. The Morgan fingerprint density at radius 2 is 1.71 bits per heavy atom. The molecule has 9 heteroatoms. The van der Waals surface area contributed by atoms with Gasteiger partial charge in [-0.15, -0.1) is 0 Å². The van der Waals surface area contributed by atoms with Crippen molar-refractivity contribution in [3.05, 3.63) is 78.6 Å². The van der Waals surface area contributed by atoms with Crippen LogP contribution in [0.4, 0.5) is 15.0 Å². The zero-order valence-electron chi connectivity index (χ0n) is 18.8. The van der Waals surface area contributed by atoms with Gasteiger partial charge < -0.3 is 4.74 Å². The van der Waals surface area contributed by atoms with Crippen LogP contribution in [0.3, 0.4) is 0 Å². The number of aromatic nitrogens is 5. The molecule has 0 bridgehead atoms. The number of methoxy groups -OCH3 is 1. The summed E-state index contributed by atoms with van der Waals surface area (Å²) in [5.74, 6) is 0.107. The van der Waals surface area contributed by atoms with Gasteiger partial charge in [0, 0.05) is 41.7 Å². The van der Waals surface area contributed by atoms with Crippen LogP contribution in [0.25, 0.3) is 39.3 Å². The fourth-order valence-corrected chi connectivity index (χ4v) is 4.06. The summed E-state index contributed by atoms with van der Waals surface area (Å²) in [5, 5.41) is 7.16. The fourth-order valence-electron chi connectivity index (χ4n) is 4.06. The number of fused-ring (bicyclic) bond motifs is 1. The number of rotatable bonds is 4. The van der Waals surface area contributed by atoms with Crippen LogP contribution in [-0.2, 0) is 11.8 Å². The standard InChI is InChI=1S/C25H21FN6O2/c1-15-23(24(31(2)30-15)16-4-8-19(26)9-5-16)18-7-11-22-28-13-20(32(22)14-18)17-6-10-21(27-12-17)29-25(33)34-3/h4-14H,1-3H3,(H,27,29,33). The Bertz CT molecular complexity index is 1500. The number of aryl methyl sites for hydroxylation is 2. The van der Waals surface area contributed by atoms with E-state index >= 15 is 0 Å². The number of nitrogens with zero attached hydrogens (tertiary/aromatic N) is 5. The maximum atomic E-state index is 13.5. The Morgan fingerprint density at radius 1 is 0.971 bits per heavy atom. The number of nitrogens with one attached hydrogen (secondary N) is 1. The van der Waals surface area contributed by atoms with Crippen molar-refractivity contribution in [3.63, 3.8) is 0 Å². The summed E-state index contributed by atoms with van der Waals surface area (Å²) in [6.07, 6.45) is 4.87. The molecule has 0 radical (unpaired) electrons. The topological polar surface area (TPSA) is 86.3 Å². The summed E-state index contributed by atoms with van der Waals surface area (Å²) in [7, 11) is 3.18. The number of carbonyl (C=O) groups excluding carboxylic acids is 1. The van der Waals surface area contributed by atoms with Crippen LogP contribution in [0, 0.1) is 12.7 Å². The minimum Gasteiger partial charge on any atom is -0.453 e. The van der Waals surface area contributed by atoms with Crippen molar-refractivity contribution in [2.75, 3.05) is 12.4 Å². The van der Waals surface area contributed by atoms with E-state index in [0.29, 0.717) is 5.82 Å². The zero-order valence-corrected chi connectivity index (χ0v) is 18.8. The largest absolute Gasteiger partial charge is 0.453 e. The number of ether oxygens (including phenoxy) is 1. The molecule has 4 heterocycles. The Labute approximate surface area is 194 Å². The number of amides is 1. The number of hydrogen-bond donors (Lipinski definition) is 1. The van der Waals surface area contributed by atoms with Crippen LogP contribution >= 0.6 is 0 Å². The third kappa shape index (κ3) is 3.77. The van der Waals surface area contributed by atoms with E-state index in [1.165, 1.54) is 19.2 Å². The van der Waals surface area contributed by atoms with E-state index in [9.17, 15) is 9.18 Å². The van der Waals surface area contributed by atoms with Crippen molar-refractivity contribution in [1.82, 2.24) is 24.1 Å². The number of halogens is 1. The Balaban J connectivity index is 1.59. The van der Waals surface area contributed by atoms with E-state index in [0.717, 1.165) is 45.0 Å². The quantitative estimate of drug-likeness (QED) is 0.407. The minimum absolute atomic E-state index is 0.282. The molecule has 0 aliphatic carbocycles. The fraction of sp³-hybridized carbons (Fsp3) is 0.120. The highest BCUT2D eigenvalue weighted by Crippen LogP contribution is 2.35. The van der Waals surface area contributed by atoms with Gasteiger partial charge in [-0.25, -0.2) is 19.2 Å². The SMILES string of the molecule is COC(=O)Nc1ccc(-c2cnc3ccc(-c4c(C)nn(C)c4-c4ccc(F)cc4)cn23)cn1. The summed E-state index contributed by atoms with van der Waals surface area (Å²) in [5.41, 5.74) is 7.02. The summed E-state index contributed by atoms with van der Waals surface area (Å²) < 4.78 is 21.9. The summed E-state index contributed by atoms with van der Waals surface area (Å²) >= 11 is 0. The number of anilines is 1. The van der Waals surface area contributed by atoms with E-state index in [1.807, 2.05) is 47.4 Å². The average molecular weight is 456 g/mol. The van der Waals surface area contributed by atoms with Crippen molar-refractivity contribution < 1.29 is 13.9 Å². The molecule has 0 fully saturated rings. The predicted octanol–water partition coefficient (Wildman–Crippen LogP) is 5.09. The molecule has 0 saturated heterocycles. The van der Waals surface area contributed by atoms with Gasteiger partial charge in [0.1, 0.15) is 17.3 Å². The molecule has 4 aromatic heterocycles. The van der Waals surface area contributed by atoms with Crippen LogP contribution in [0.15, 0.2) is 67.1 Å². The molecule has 1 N–H and O–H groups in total. The minimum atomic E-state index is -0.580. The monoisotopic (exact) mass is 456 g/mol. The average Bonchev–Trinajstić information content (AvgIpc) is 3.39. The smallest absolute Gasteiger partial charge is 0.412 e. The van der Waals surface area contributed by atoms with Gasteiger partial charge in [-0.05, 0) is 55.5 Å². The van der Waals surface area contributed by atoms with Crippen LogP contribution in [0.5, 0.6) is 0 Å². The lowest BCUT2D eigenvalue weighted by molar-refractivity contribution is 0.187. The van der Waals surface area contributed by atoms with Gasteiger partial charge in [0.05, 0.1) is 30.4 Å². The van der Waals surface area contributed by atoms with Gasteiger partial charge >= 0.3 is 6.09 Å². The number of hydrogen-bond acceptors (Lipinski definition) is 5. The van der Waals surface area contributed by atoms with Gasteiger partial charge in [0.2, 0.25) is 0 Å². The van der Waals surface area contributed by atoms with Crippen LogP contribution in [0.1, 0.15) is 5.69 Å². The molecule has 5 aromatic rings. The second kappa shape index (κ2) is 8.43. The molecule has 0 atom stereocenters. The lowest BCUT2D eigenvalue weighted by Gasteiger charge is -2.10. The first-order valence-corrected chi connectivity index (χ1v) is 10.5. The van der Waals surface area contributed by atoms with E-state index in [-0.39, 0.29) is 5.82 Å². The third-order valence-electron chi connectivity index (χ3n) is 5.61. The Kier molecular flexibility index (Phi) is 5.29. The van der Waals surface area contributed by atoms with Crippen LogP contribution < -0.4 is 5.32 Å². The molecular weight excluding hydrogens is 435 g/mol. The molecule has 0 aliphatic rings. The van der Waals surface area contributed by atoms with Crippen molar-refractivity contribution >= 4 is 17.6 Å². The van der Waals surface area contributed by atoms with Crippen molar-refractivity contribution in [2.45, 2.75) is 6.92 Å². The van der Waals surface area contributed by atoms with Crippen LogP contribution in [0.2, 0.25) is 0 Å². The van der Waals surface area contributed by atoms with Gasteiger partial charge in [-0.1, -0.05) is 0 Å². The molecule has 0 saturated carbocycles. The first kappa shape index (κ1) is 21.3. The molecule has 0 aliphatic heterocycles. The number of benzene rings is 1. The summed E-state index contributed by atoms with van der Waals surface area (Å²) in [6, 6.07) is 13.9. The lowest BCUT2D eigenvalue weighted by Crippen LogP contribution is -2.11. The second-order valence-corrected chi connectivity index (χ2v) is 7.78. The maximum Gasteiger partial charge on any atom is 0.412 e. The maximum absolute atomic E-state index is 13.5. The zero-order chi connectivity index (χ0) is 23.8. The molecule has 170 valence electrons. The molecule has 0 unspecified atom stereocenters. The number of pyridine rings is 2. The van der Waals surface area contributed by atoms with E-state index < -0.39 is 6.09 Å². The molecular formula is C25H21FN6O2. The Hall–Kier alpha value is -4.53. The molecule has 8 nitrogen and oxygen atoms in total. The Morgan fingerprint density at radius 3 is 2.41 bits per heavy atom. The number of imidazole rings is 1. The second-order valence-electron chi connectivity index (χ2n) is 7.78. The third-order valence-corrected chi connectivity index (χ3v) is 5.61. The molecule has 34 heavy (non-hydrogen) atoms. The van der Waals surface area contributed by atoms with Gasteiger partial charge in [-0.3, -0.25) is 14.4 Å². The first-order valence-electron chi connectivity index (χ1n) is 10.5. The van der Waals surface area contributed by atoms with Gasteiger partial charge in [0.15, 0.2) is 0 Å². The first-order chi connectivity index (χ1) is 16.4. The summed E-state index contributed by atoms with van der Waals surface area (Å²) in [4.78, 5) is 20.2. The van der Waals surface area contributed by atoms with E-state index in [1.54, 1.807) is 30.6 Å². The normalized spacial score (nSPS) is 11.1. The highest BCUT2D eigenvalue weighted by Gasteiger charge is 2.18.